The molecule has 0 aliphatic heterocycles. The summed E-state index contributed by atoms with van der Waals surface area (Å²) in [4.78, 5) is 24.0. The minimum atomic E-state index is -0.157. The van der Waals surface area contributed by atoms with E-state index in [1.807, 2.05) is 61.9 Å². The van der Waals surface area contributed by atoms with Crippen LogP contribution in [0.3, 0.4) is 0 Å². The highest BCUT2D eigenvalue weighted by molar-refractivity contribution is 7.22. The molecular weight excluding hydrogens is 370 g/mol. The Morgan fingerprint density at radius 3 is 2.75 bits per heavy atom. The lowest BCUT2D eigenvalue weighted by molar-refractivity contribution is 0.0979. The predicted octanol–water partition coefficient (Wildman–Crippen LogP) is 4.37. The molecule has 7 heteroatoms. The van der Waals surface area contributed by atoms with E-state index in [9.17, 15) is 4.79 Å². The number of nitrogens with zero attached hydrogens (tertiary/aromatic N) is 5. The molecule has 0 N–H and O–H groups in total. The van der Waals surface area contributed by atoms with Gasteiger partial charge in [-0.2, -0.15) is 5.10 Å². The minimum Gasteiger partial charge on any atom is -0.278 e. The number of rotatable bonds is 5. The highest BCUT2D eigenvalue weighted by Crippen LogP contribution is 2.32. The van der Waals surface area contributed by atoms with E-state index in [0.29, 0.717) is 17.4 Å². The topological polar surface area (TPSA) is 63.9 Å². The molecule has 0 unspecified atom stereocenters. The maximum absolute atomic E-state index is 13.4. The van der Waals surface area contributed by atoms with Crippen LogP contribution < -0.4 is 4.90 Å². The van der Waals surface area contributed by atoms with Gasteiger partial charge in [-0.25, -0.2) is 4.98 Å². The van der Waals surface area contributed by atoms with Crippen molar-refractivity contribution in [2.24, 2.45) is 0 Å². The first-order valence-corrected chi connectivity index (χ1v) is 10.00. The summed E-state index contributed by atoms with van der Waals surface area (Å²) >= 11 is 1.52. The molecule has 0 radical (unpaired) electrons. The lowest BCUT2D eigenvalue weighted by Crippen LogP contribution is -2.30. The zero-order valence-corrected chi connectivity index (χ0v) is 16.9. The number of aryl methyl sites for hydroxylation is 3. The number of hydrogen-bond donors (Lipinski definition) is 0. The number of aromatic nitrogens is 4. The number of carbonyl (C=O) groups is 1. The van der Waals surface area contributed by atoms with Gasteiger partial charge < -0.3 is 0 Å². The van der Waals surface area contributed by atoms with E-state index in [4.69, 9.17) is 4.98 Å². The molecule has 0 saturated carbocycles. The van der Waals surface area contributed by atoms with Crippen LogP contribution in [0.4, 0.5) is 5.13 Å². The Bertz CT molecular complexity index is 1130. The van der Waals surface area contributed by atoms with Gasteiger partial charge in [-0.1, -0.05) is 29.5 Å². The second-order valence-electron chi connectivity index (χ2n) is 6.66. The second kappa shape index (κ2) is 7.52. The summed E-state index contributed by atoms with van der Waals surface area (Å²) in [6.07, 6.45) is 3.50. The van der Waals surface area contributed by atoms with E-state index >= 15 is 0 Å². The third kappa shape index (κ3) is 3.41. The van der Waals surface area contributed by atoms with Crippen LogP contribution in [0.1, 0.15) is 34.2 Å². The molecule has 1 amide bonds. The van der Waals surface area contributed by atoms with E-state index < -0.39 is 0 Å². The largest absolute Gasteiger partial charge is 0.280 e. The first kappa shape index (κ1) is 18.3. The maximum Gasteiger partial charge on any atom is 0.280 e. The number of benzene rings is 1. The summed E-state index contributed by atoms with van der Waals surface area (Å²) in [5.41, 5.74) is 4.37. The molecule has 0 spiro atoms. The van der Waals surface area contributed by atoms with Crippen LogP contribution in [0.25, 0.3) is 10.2 Å². The quantitative estimate of drug-likeness (QED) is 0.507. The van der Waals surface area contributed by atoms with Gasteiger partial charge in [-0.05, 0) is 50.1 Å². The second-order valence-corrected chi connectivity index (χ2v) is 7.67. The molecule has 28 heavy (non-hydrogen) atoms. The first-order chi connectivity index (χ1) is 13.6. The normalized spacial score (nSPS) is 11.1. The molecule has 0 bridgehead atoms. The molecule has 0 aliphatic carbocycles. The average molecular weight is 392 g/mol. The molecule has 4 rings (SSSR count). The molecule has 0 atom stereocenters. The molecule has 3 heterocycles. The zero-order valence-electron chi connectivity index (χ0n) is 16.1. The van der Waals surface area contributed by atoms with E-state index in [2.05, 4.69) is 10.1 Å². The van der Waals surface area contributed by atoms with Crippen LogP contribution in [0.15, 0.2) is 48.8 Å². The van der Waals surface area contributed by atoms with Crippen molar-refractivity contribution in [2.75, 3.05) is 4.90 Å². The fourth-order valence-corrected chi connectivity index (χ4v) is 4.20. The number of anilines is 1. The highest BCUT2D eigenvalue weighted by Gasteiger charge is 2.24. The number of thiazole rings is 1. The Morgan fingerprint density at radius 2 is 2.07 bits per heavy atom. The molecule has 1 aromatic carbocycles. The molecule has 142 valence electrons. The molecule has 4 aromatic rings. The van der Waals surface area contributed by atoms with Crippen LogP contribution in [0, 0.1) is 13.8 Å². The van der Waals surface area contributed by atoms with Crippen LogP contribution in [0.2, 0.25) is 0 Å². The monoisotopic (exact) mass is 391 g/mol. The fraction of sp³-hybridized carbons (Fsp3) is 0.238. The summed E-state index contributed by atoms with van der Waals surface area (Å²) in [7, 11) is 0. The average Bonchev–Trinajstić information content (AvgIpc) is 3.30. The maximum atomic E-state index is 13.4. The Labute approximate surface area is 167 Å². The predicted molar refractivity (Wildman–Crippen MR) is 112 cm³/mol. The van der Waals surface area contributed by atoms with Gasteiger partial charge in [0.2, 0.25) is 0 Å². The van der Waals surface area contributed by atoms with Gasteiger partial charge in [0.25, 0.3) is 5.91 Å². The van der Waals surface area contributed by atoms with Crippen molar-refractivity contribution in [2.45, 2.75) is 33.9 Å². The first-order valence-electron chi connectivity index (χ1n) is 9.18. The molecule has 0 fully saturated rings. The highest BCUT2D eigenvalue weighted by atomic mass is 32.1. The minimum absolute atomic E-state index is 0.157. The van der Waals surface area contributed by atoms with Crippen LogP contribution in [-0.2, 0) is 13.1 Å². The summed E-state index contributed by atoms with van der Waals surface area (Å²) < 4.78 is 2.90. The standard InChI is InChI=1S/C21H21N5OS/c1-4-26-15(3)11-17(24-26)20(27)25(13-16-8-6-10-22-12-16)21-23-19-14(2)7-5-9-18(19)28-21/h5-12H,4,13H2,1-3H3. The third-order valence-corrected chi connectivity index (χ3v) is 5.69. The van der Waals surface area contributed by atoms with E-state index in [-0.39, 0.29) is 5.91 Å². The van der Waals surface area contributed by atoms with Crippen molar-refractivity contribution in [3.05, 3.63) is 71.3 Å². The van der Waals surface area contributed by atoms with Crippen molar-refractivity contribution in [1.82, 2.24) is 19.7 Å². The SMILES string of the molecule is CCn1nc(C(=O)N(Cc2cccnc2)c2nc3c(C)cccc3s2)cc1C. The smallest absolute Gasteiger partial charge is 0.278 e. The molecule has 0 aliphatic rings. The Hall–Kier alpha value is -3.06. The summed E-state index contributed by atoms with van der Waals surface area (Å²) in [5.74, 6) is -0.157. The number of para-hydroxylation sites is 1. The van der Waals surface area contributed by atoms with Crippen LogP contribution in [-0.4, -0.2) is 25.7 Å². The third-order valence-electron chi connectivity index (χ3n) is 4.65. The number of amides is 1. The van der Waals surface area contributed by atoms with Crippen molar-refractivity contribution in [3.63, 3.8) is 0 Å². The molecule has 3 aromatic heterocycles. The van der Waals surface area contributed by atoms with Crippen molar-refractivity contribution < 1.29 is 4.79 Å². The summed E-state index contributed by atoms with van der Waals surface area (Å²) in [6.45, 7) is 7.12. The summed E-state index contributed by atoms with van der Waals surface area (Å²) in [6, 6.07) is 11.7. The zero-order chi connectivity index (χ0) is 19.7. The van der Waals surface area contributed by atoms with E-state index in [1.54, 1.807) is 17.3 Å². The van der Waals surface area contributed by atoms with Crippen LogP contribution in [0.5, 0.6) is 0 Å². The van der Waals surface area contributed by atoms with Gasteiger partial charge in [0.1, 0.15) is 0 Å². The fourth-order valence-electron chi connectivity index (χ4n) is 3.16. The Morgan fingerprint density at radius 1 is 1.21 bits per heavy atom. The number of hydrogen-bond acceptors (Lipinski definition) is 5. The number of fused-ring (bicyclic) bond motifs is 1. The number of pyridine rings is 1. The Balaban J connectivity index is 1.78. The molecule has 6 nitrogen and oxygen atoms in total. The lowest BCUT2D eigenvalue weighted by Gasteiger charge is -2.18. The Kier molecular flexibility index (Phi) is 4.92. The van der Waals surface area contributed by atoms with Gasteiger partial charge >= 0.3 is 0 Å². The van der Waals surface area contributed by atoms with Gasteiger partial charge in [0.05, 0.1) is 16.8 Å². The number of carbonyl (C=O) groups excluding carboxylic acids is 1. The van der Waals surface area contributed by atoms with Gasteiger partial charge in [-0.3, -0.25) is 19.4 Å². The van der Waals surface area contributed by atoms with Crippen molar-refractivity contribution in [1.29, 1.82) is 0 Å². The van der Waals surface area contributed by atoms with Crippen molar-refractivity contribution >= 4 is 32.6 Å². The molecular formula is C21H21N5OS. The summed E-state index contributed by atoms with van der Waals surface area (Å²) in [5, 5.41) is 5.14. The lowest BCUT2D eigenvalue weighted by atomic mass is 10.2. The molecule has 0 saturated heterocycles. The van der Waals surface area contributed by atoms with Crippen LogP contribution >= 0.6 is 11.3 Å². The van der Waals surface area contributed by atoms with Gasteiger partial charge in [-0.15, -0.1) is 0 Å². The van der Waals surface area contributed by atoms with Gasteiger partial charge in [0, 0.05) is 24.6 Å². The van der Waals surface area contributed by atoms with Gasteiger partial charge in [0.15, 0.2) is 10.8 Å². The van der Waals surface area contributed by atoms with Crippen molar-refractivity contribution in [3.8, 4) is 0 Å². The van der Waals surface area contributed by atoms with E-state index in [1.165, 1.54) is 11.3 Å². The van der Waals surface area contributed by atoms with E-state index in [0.717, 1.165) is 33.6 Å².